The van der Waals surface area contributed by atoms with Crippen molar-refractivity contribution in [3.63, 3.8) is 0 Å². The van der Waals surface area contributed by atoms with Crippen molar-refractivity contribution in [3.05, 3.63) is 75.5 Å². The fourth-order valence-electron chi connectivity index (χ4n) is 3.53. The predicted molar refractivity (Wildman–Crippen MR) is 109 cm³/mol. The van der Waals surface area contributed by atoms with E-state index in [1.807, 2.05) is 6.07 Å². The van der Waals surface area contributed by atoms with Gasteiger partial charge in [-0.2, -0.15) is 4.98 Å². The van der Waals surface area contributed by atoms with Crippen LogP contribution in [-0.4, -0.2) is 32.7 Å². The lowest BCUT2D eigenvalue weighted by molar-refractivity contribution is -0.385. The molecule has 0 saturated carbocycles. The molecule has 1 aliphatic rings. The first-order valence-electron chi connectivity index (χ1n) is 9.02. The number of ether oxygens (including phenoxy) is 1. The van der Waals surface area contributed by atoms with Gasteiger partial charge in [-0.15, -0.1) is 5.10 Å². The molecule has 0 spiro atoms. The number of nitro benzene ring substituents is 1. The Hall–Kier alpha value is -4.21. The topological polar surface area (TPSA) is 138 Å². The number of allylic oxidation sites excluding steroid dienone is 1. The quantitative estimate of drug-likeness (QED) is 0.490. The number of primary amides is 1. The molecule has 4 rings (SSSR count). The predicted octanol–water partition coefficient (Wildman–Crippen LogP) is 2.64. The van der Waals surface area contributed by atoms with Gasteiger partial charge >= 0.3 is 0 Å². The minimum Gasteiger partial charge on any atom is -0.497 e. The second kappa shape index (κ2) is 7.32. The summed E-state index contributed by atoms with van der Waals surface area (Å²) in [5.41, 5.74) is 7.13. The number of aromatic nitrogens is 3. The fraction of sp³-hybridized carbons (Fsp3) is 0.150. The number of hydrogen-bond acceptors (Lipinski definition) is 7. The molecule has 3 N–H and O–H groups in total. The highest BCUT2D eigenvalue weighted by Crippen LogP contribution is 2.39. The van der Waals surface area contributed by atoms with Crippen LogP contribution in [0, 0.1) is 10.1 Å². The van der Waals surface area contributed by atoms with Crippen molar-refractivity contribution in [2.45, 2.75) is 13.0 Å². The van der Waals surface area contributed by atoms with E-state index >= 15 is 0 Å². The number of amides is 1. The molecule has 2 aromatic carbocycles. The van der Waals surface area contributed by atoms with Crippen LogP contribution in [0.3, 0.4) is 0 Å². The van der Waals surface area contributed by atoms with Crippen LogP contribution in [0.5, 0.6) is 5.75 Å². The van der Waals surface area contributed by atoms with Crippen LogP contribution >= 0.6 is 0 Å². The summed E-state index contributed by atoms with van der Waals surface area (Å²) in [5.74, 6) is 0.653. The van der Waals surface area contributed by atoms with E-state index in [2.05, 4.69) is 15.4 Å². The Balaban J connectivity index is 1.92. The number of nitrogens with two attached hydrogens (primary N) is 1. The first-order valence-corrected chi connectivity index (χ1v) is 9.02. The monoisotopic (exact) mass is 406 g/mol. The number of nitro groups is 1. The summed E-state index contributed by atoms with van der Waals surface area (Å²) < 4.78 is 6.70. The molecule has 1 amide bonds. The Morgan fingerprint density at radius 1 is 1.27 bits per heavy atom. The second-order valence-corrected chi connectivity index (χ2v) is 6.68. The lowest BCUT2D eigenvalue weighted by Crippen LogP contribution is -2.32. The molecule has 152 valence electrons. The van der Waals surface area contributed by atoms with Gasteiger partial charge in [-0.3, -0.25) is 14.9 Å². The number of fused-ring (bicyclic) bond motifs is 1. The van der Waals surface area contributed by atoms with Crippen molar-refractivity contribution < 1.29 is 14.5 Å². The Morgan fingerprint density at radius 2 is 2.03 bits per heavy atom. The number of nitrogens with zero attached hydrogens (tertiary/aromatic N) is 4. The van der Waals surface area contributed by atoms with Crippen molar-refractivity contribution in [2.75, 3.05) is 12.4 Å². The highest BCUT2D eigenvalue weighted by molar-refractivity contribution is 5.95. The van der Waals surface area contributed by atoms with Crippen LogP contribution in [0.15, 0.2) is 59.8 Å². The molecule has 10 nitrogen and oxygen atoms in total. The zero-order valence-electron chi connectivity index (χ0n) is 16.2. The maximum atomic E-state index is 12.3. The average molecular weight is 406 g/mol. The molecule has 1 unspecified atom stereocenters. The molecule has 10 heteroatoms. The van der Waals surface area contributed by atoms with Gasteiger partial charge in [-0.05, 0) is 25.1 Å². The zero-order valence-corrected chi connectivity index (χ0v) is 16.2. The fourth-order valence-corrected chi connectivity index (χ4v) is 3.53. The van der Waals surface area contributed by atoms with Gasteiger partial charge in [-0.25, -0.2) is 4.68 Å². The number of benzene rings is 2. The number of anilines is 1. The summed E-state index contributed by atoms with van der Waals surface area (Å²) >= 11 is 0. The second-order valence-electron chi connectivity index (χ2n) is 6.68. The van der Waals surface area contributed by atoms with E-state index in [0.29, 0.717) is 34.3 Å². The van der Waals surface area contributed by atoms with Crippen molar-refractivity contribution in [1.29, 1.82) is 0 Å². The maximum absolute atomic E-state index is 12.3. The number of hydrogen-bond donors (Lipinski definition) is 2. The molecule has 3 aromatic rings. The lowest BCUT2D eigenvalue weighted by Gasteiger charge is -2.27. The van der Waals surface area contributed by atoms with Crippen LogP contribution in [0.1, 0.15) is 18.5 Å². The molecule has 1 atom stereocenters. The molecule has 1 aliphatic heterocycles. The minimum atomic E-state index is -0.896. The van der Waals surface area contributed by atoms with Crippen molar-refractivity contribution >= 4 is 17.5 Å². The van der Waals surface area contributed by atoms with E-state index < -0.39 is 16.9 Å². The third-order valence-corrected chi connectivity index (χ3v) is 4.87. The molecule has 0 fully saturated rings. The van der Waals surface area contributed by atoms with Crippen molar-refractivity contribution in [1.82, 2.24) is 14.8 Å². The largest absolute Gasteiger partial charge is 0.497 e. The number of carbonyl (C=O) groups excluding carboxylic acids is 1. The summed E-state index contributed by atoms with van der Waals surface area (Å²) in [7, 11) is 1.56. The Labute approximate surface area is 171 Å². The highest BCUT2D eigenvalue weighted by Gasteiger charge is 2.36. The number of methoxy groups -OCH3 is 1. The van der Waals surface area contributed by atoms with Gasteiger partial charge in [0.1, 0.15) is 11.8 Å². The molecule has 30 heavy (non-hydrogen) atoms. The number of carbonyl (C=O) groups is 1. The van der Waals surface area contributed by atoms with Gasteiger partial charge in [0.2, 0.25) is 11.9 Å². The maximum Gasteiger partial charge on any atom is 0.275 e. The van der Waals surface area contributed by atoms with E-state index in [9.17, 15) is 14.9 Å². The van der Waals surface area contributed by atoms with Gasteiger partial charge in [0.25, 0.3) is 5.69 Å². The molecule has 0 saturated heterocycles. The van der Waals surface area contributed by atoms with Crippen LogP contribution in [0.25, 0.3) is 11.4 Å². The Morgan fingerprint density at radius 3 is 2.73 bits per heavy atom. The first-order chi connectivity index (χ1) is 14.4. The summed E-state index contributed by atoms with van der Waals surface area (Å²) in [4.78, 5) is 27.9. The zero-order chi connectivity index (χ0) is 21.4. The van der Waals surface area contributed by atoms with Crippen molar-refractivity contribution in [2.24, 2.45) is 5.73 Å². The molecule has 0 bridgehead atoms. The smallest absolute Gasteiger partial charge is 0.275 e. The summed E-state index contributed by atoms with van der Waals surface area (Å²) in [6.07, 6.45) is 0. The van der Waals surface area contributed by atoms with Crippen LogP contribution in [0.4, 0.5) is 11.6 Å². The van der Waals surface area contributed by atoms with Crippen LogP contribution < -0.4 is 15.8 Å². The van der Waals surface area contributed by atoms with Gasteiger partial charge in [0.05, 0.1) is 23.2 Å². The molecule has 2 heterocycles. The molecular weight excluding hydrogens is 388 g/mol. The standard InChI is InChI=1S/C20H18N6O4/c1-11-16(18(21)27)17(14-8-3-4-9-15(14)26(28)29)25-20(22-11)23-19(24-25)12-6-5-7-13(10-12)30-2/h3-10,17H,1-2H3,(H2,21,27)(H,22,23,24). The molecule has 1 aromatic heterocycles. The third kappa shape index (κ3) is 3.13. The van der Waals surface area contributed by atoms with Crippen LogP contribution in [0.2, 0.25) is 0 Å². The Bertz CT molecular complexity index is 1200. The van der Waals surface area contributed by atoms with Crippen molar-refractivity contribution in [3.8, 4) is 17.1 Å². The summed E-state index contributed by atoms with van der Waals surface area (Å²) in [6.45, 7) is 1.67. The molecule has 0 aliphatic carbocycles. The van der Waals surface area contributed by atoms with Crippen LogP contribution in [-0.2, 0) is 4.79 Å². The third-order valence-electron chi connectivity index (χ3n) is 4.87. The Kier molecular flexibility index (Phi) is 4.66. The number of rotatable bonds is 5. The highest BCUT2D eigenvalue weighted by atomic mass is 16.6. The number of para-hydroxylation sites is 1. The first kappa shape index (κ1) is 19.1. The molecular formula is C20H18N6O4. The minimum absolute atomic E-state index is 0.139. The average Bonchev–Trinajstić information content (AvgIpc) is 3.16. The molecule has 0 radical (unpaired) electrons. The van der Waals surface area contributed by atoms with Gasteiger partial charge in [0.15, 0.2) is 5.82 Å². The number of nitrogens with one attached hydrogen (secondary N) is 1. The summed E-state index contributed by atoms with van der Waals surface area (Å²) in [6, 6.07) is 12.5. The van der Waals surface area contributed by atoms with Gasteiger partial charge in [-0.1, -0.05) is 24.3 Å². The SMILES string of the molecule is COc1cccc(-c2nc3n(n2)C(c2ccccc2[N+](=O)[O-])C(C(N)=O)=C(C)N3)c1. The summed E-state index contributed by atoms with van der Waals surface area (Å²) in [5, 5.41) is 19.2. The van der Waals surface area contributed by atoms with E-state index in [1.165, 1.54) is 10.7 Å². The lowest BCUT2D eigenvalue weighted by atomic mass is 9.94. The van der Waals surface area contributed by atoms with E-state index in [-0.39, 0.29) is 11.3 Å². The van der Waals surface area contributed by atoms with E-state index in [4.69, 9.17) is 10.5 Å². The van der Waals surface area contributed by atoms with E-state index in [0.717, 1.165) is 0 Å². The van der Waals surface area contributed by atoms with E-state index in [1.54, 1.807) is 50.4 Å². The van der Waals surface area contributed by atoms with Gasteiger partial charge < -0.3 is 15.8 Å². The van der Waals surface area contributed by atoms with Gasteiger partial charge in [0, 0.05) is 17.3 Å². The normalized spacial score (nSPS) is 15.3.